The van der Waals surface area contributed by atoms with Crippen LogP contribution in [0.3, 0.4) is 0 Å². The second-order valence-corrected chi connectivity index (χ2v) is 7.66. The Hall–Kier alpha value is -3.26. The molecular formula is C21H20ClFN6O. The van der Waals surface area contributed by atoms with Crippen molar-refractivity contribution >= 4 is 46.5 Å². The largest absolute Gasteiger partial charge is 0.312 e. The summed E-state index contributed by atoms with van der Waals surface area (Å²) in [6.45, 7) is 3.76. The third-order valence-electron chi connectivity index (χ3n) is 4.42. The van der Waals surface area contributed by atoms with E-state index in [0.29, 0.717) is 45.6 Å². The molecule has 3 aromatic heterocycles. The molecule has 0 aliphatic heterocycles. The Balaban J connectivity index is 0.000000667. The topological polar surface area (TPSA) is 88.0 Å². The predicted octanol–water partition coefficient (Wildman–Crippen LogP) is 5.23. The Bertz CT molecular complexity index is 1270. The van der Waals surface area contributed by atoms with E-state index in [4.69, 9.17) is 11.6 Å². The van der Waals surface area contributed by atoms with Crippen molar-refractivity contribution in [2.45, 2.75) is 33.1 Å². The standard InChI is InChI=1S/C18H14ClFN6O.C3H6/c1-9(2)3-10-17(20)16(19)15(11-4-23-25-18(10)11)12-6-26-7-13(22-8-27)24-14(26)5-21-12;1-2-3-1/h3-8H,1-2H3,(H,22,27)(H,23,25);1-3H2. The number of aromatic nitrogens is 5. The molecule has 0 spiro atoms. The maximum absolute atomic E-state index is 15.0. The van der Waals surface area contributed by atoms with E-state index in [0.717, 1.165) is 5.57 Å². The van der Waals surface area contributed by atoms with Gasteiger partial charge in [0.25, 0.3) is 0 Å². The summed E-state index contributed by atoms with van der Waals surface area (Å²) in [7, 11) is 0. The van der Waals surface area contributed by atoms with Gasteiger partial charge in [-0.15, -0.1) is 0 Å². The smallest absolute Gasteiger partial charge is 0.212 e. The molecular weight excluding hydrogens is 407 g/mol. The van der Waals surface area contributed by atoms with Crippen LogP contribution in [-0.4, -0.2) is 31.0 Å². The number of anilines is 1. The summed E-state index contributed by atoms with van der Waals surface area (Å²) >= 11 is 6.39. The maximum Gasteiger partial charge on any atom is 0.212 e. The van der Waals surface area contributed by atoms with Gasteiger partial charge >= 0.3 is 0 Å². The van der Waals surface area contributed by atoms with Crippen LogP contribution in [0.2, 0.25) is 5.02 Å². The van der Waals surface area contributed by atoms with Crippen LogP contribution in [0, 0.1) is 5.82 Å². The van der Waals surface area contributed by atoms with E-state index in [1.807, 2.05) is 13.8 Å². The zero-order valence-corrected chi connectivity index (χ0v) is 17.3. The molecule has 5 rings (SSSR count). The molecule has 7 nitrogen and oxygen atoms in total. The number of H-pyrrole nitrogens is 1. The van der Waals surface area contributed by atoms with E-state index in [2.05, 4.69) is 25.5 Å². The van der Waals surface area contributed by atoms with E-state index in [-0.39, 0.29) is 5.02 Å². The zero-order chi connectivity index (χ0) is 21.3. The summed E-state index contributed by atoms with van der Waals surface area (Å²) in [6, 6.07) is 0. The first-order valence-corrected chi connectivity index (χ1v) is 9.91. The lowest BCUT2D eigenvalue weighted by Crippen LogP contribution is -1.96. The third kappa shape index (κ3) is 3.91. The minimum Gasteiger partial charge on any atom is -0.312 e. The van der Waals surface area contributed by atoms with Gasteiger partial charge in [0, 0.05) is 22.7 Å². The second kappa shape index (κ2) is 8.23. The molecule has 1 fully saturated rings. The fraction of sp³-hybridized carbons (Fsp3) is 0.238. The first-order valence-electron chi connectivity index (χ1n) is 9.54. The molecule has 1 saturated carbocycles. The van der Waals surface area contributed by atoms with Gasteiger partial charge in [-0.2, -0.15) is 5.10 Å². The number of nitrogens with zero attached hydrogens (tertiary/aromatic N) is 4. The van der Waals surface area contributed by atoms with Crippen molar-refractivity contribution in [1.82, 2.24) is 24.6 Å². The normalized spacial score (nSPS) is 12.4. The molecule has 3 heterocycles. The van der Waals surface area contributed by atoms with E-state index >= 15 is 4.39 Å². The van der Waals surface area contributed by atoms with E-state index in [1.165, 1.54) is 25.5 Å². The molecule has 1 aromatic carbocycles. The highest BCUT2D eigenvalue weighted by atomic mass is 35.5. The molecule has 1 amide bonds. The molecule has 0 unspecified atom stereocenters. The average Bonchev–Trinajstić information content (AvgIpc) is 3.43. The number of allylic oxidation sites excluding steroid dienone is 1. The van der Waals surface area contributed by atoms with Gasteiger partial charge < -0.3 is 9.72 Å². The monoisotopic (exact) mass is 426 g/mol. The Morgan fingerprint density at radius 3 is 2.70 bits per heavy atom. The van der Waals surface area contributed by atoms with Gasteiger partial charge in [0.05, 0.1) is 34.8 Å². The number of fused-ring (bicyclic) bond motifs is 2. The van der Waals surface area contributed by atoms with Gasteiger partial charge in [0.15, 0.2) is 17.3 Å². The molecule has 154 valence electrons. The molecule has 2 N–H and O–H groups in total. The van der Waals surface area contributed by atoms with Crippen molar-refractivity contribution in [2.75, 3.05) is 5.32 Å². The van der Waals surface area contributed by atoms with Crippen LogP contribution in [0.4, 0.5) is 10.2 Å². The van der Waals surface area contributed by atoms with Crippen molar-refractivity contribution in [3.8, 4) is 11.3 Å². The molecule has 9 heteroatoms. The number of imidazole rings is 1. The fourth-order valence-electron chi connectivity index (χ4n) is 2.97. The minimum atomic E-state index is -0.541. The number of hydrogen-bond donors (Lipinski definition) is 2. The van der Waals surface area contributed by atoms with Gasteiger partial charge in [0.1, 0.15) is 0 Å². The van der Waals surface area contributed by atoms with Gasteiger partial charge in [-0.1, -0.05) is 42.5 Å². The van der Waals surface area contributed by atoms with Gasteiger partial charge in [-0.25, -0.2) is 9.37 Å². The minimum absolute atomic E-state index is 0.0328. The number of carbonyl (C=O) groups is 1. The van der Waals surface area contributed by atoms with Crippen molar-refractivity contribution in [3.05, 3.63) is 46.8 Å². The van der Waals surface area contributed by atoms with Crippen molar-refractivity contribution < 1.29 is 9.18 Å². The van der Waals surface area contributed by atoms with Crippen LogP contribution < -0.4 is 5.32 Å². The number of carbonyl (C=O) groups excluding carboxylic acids is 1. The molecule has 4 aromatic rings. The highest BCUT2D eigenvalue weighted by Gasteiger charge is 2.21. The van der Waals surface area contributed by atoms with E-state index in [1.54, 1.807) is 29.1 Å². The summed E-state index contributed by atoms with van der Waals surface area (Å²) in [5.41, 5.74) is 3.26. The number of nitrogens with one attached hydrogen (secondary N) is 2. The third-order valence-corrected chi connectivity index (χ3v) is 4.77. The molecule has 0 bridgehead atoms. The summed E-state index contributed by atoms with van der Waals surface area (Å²) in [6.07, 6.45) is 13.2. The number of aromatic amines is 1. The quantitative estimate of drug-likeness (QED) is 0.437. The second-order valence-electron chi connectivity index (χ2n) is 7.28. The number of hydrogen-bond acceptors (Lipinski definition) is 4. The van der Waals surface area contributed by atoms with E-state index in [9.17, 15) is 4.79 Å². The zero-order valence-electron chi connectivity index (χ0n) is 16.5. The Kier molecular flexibility index (Phi) is 5.50. The molecule has 0 radical (unpaired) electrons. The molecule has 30 heavy (non-hydrogen) atoms. The van der Waals surface area contributed by atoms with Crippen LogP contribution in [0.15, 0.2) is 30.4 Å². The molecule has 1 aliphatic rings. The molecule has 0 saturated heterocycles. The lowest BCUT2D eigenvalue weighted by atomic mass is 10.0. The van der Waals surface area contributed by atoms with Crippen molar-refractivity contribution in [2.24, 2.45) is 0 Å². The predicted molar refractivity (Wildman–Crippen MR) is 116 cm³/mol. The number of amides is 1. The van der Waals surface area contributed by atoms with Crippen LogP contribution in [0.5, 0.6) is 0 Å². The lowest BCUT2D eigenvalue weighted by molar-refractivity contribution is -0.105. The number of halogens is 2. The number of benzene rings is 1. The molecule has 1 aliphatic carbocycles. The fourth-order valence-corrected chi connectivity index (χ4v) is 3.27. The highest BCUT2D eigenvalue weighted by molar-refractivity contribution is 6.35. The van der Waals surface area contributed by atoms with Gasteiger partial charge in [0.2, 0.25) is 6.41 Å². The SMILES string of the molecule is C1CC1.CC(C)=Cc1c(F)c(Cl)c(-c2cn3cc(NC=O)nc3cn2)c2cn[nH]c12. The Labute approximate surface area is 177 Å². The Morgan fingerprint density at radius 2 is 2.03 bits per heavy atom. The average molecular weight is 427 g/mol. The first-order chi connectivity index (χ1) is 14.5. The molecule has 0 atom stereocenters. The summed E-state index contributed by atoms with van der Waals surface area (Å²) < 4.78 is 16.7. The van der Waals surface area contributed by atoms with Crippen LogP contribution in [0.25, 0.3) is 33.9 Å². The van der Waals surface area contributed by atoms with Crippen LogP contribution >= 0.6 is 11.6 Å². The van der Waals surface area contributed by atoms with Gasteiger partial charge in [-0.3, -0.25) is 14.9 Å². The Morgan fingerprint density at radius 1 is 1.27 bits per heavy atom. The van der Waals surface area contributed by atoms with E-state index < -0.39 is 5.82 Å². The lowest BCUT2D eigenvalue weighted by Gasteiger charge is -2.10. The van der Waals surface area contributed by atoms with Gasteiger partial charge in [-0.05, 0) is 13.8 Å². The maximum atomic E-state index is 15.0. The van der Waals surface area contributed by atoms with Crippen molar-refractivity contribution in [3.63, 3.8) is 0 Å². The van der Waals surface area contributed by atoms with Crippen LogP contribution in [0.1, 0.15) is 38.7 Å². The van der Waals surface area contributed by atoms with Crippen molar-refractivity contribution in [1.29, 1.82) is 0 Å². The first kappa shape index (κ1) is 20.0. The summed E-state index contributed by atoms with van der Waals surface area (Å²) in [5.74, 6) is -0.158. The summed E-state index contributed by atoms with van der Waals surface area (Å²) in [4.78, 5) is 19.2. The number of rotatable bonds is 4. The highest BCUT2D eigenvalue weighted by Crippen LogP contribution is 2.39. The van der Waals surface area contributed by atoms with Crippen LogP contribution in [-0.2, 0) is 4.79 Å². The summed E-state index contributed by atoms with van der Waals surface area (Å²) in [5, 5.41) is 10.0.